The minimum absolute atomic E-state index is 0.0186. The molecule has 0 aliphatic carbocycles. The van der Waals surface area contributed by atoms with Crippen LogP contribution >= 0.6 is 0 Å². The van der Waals surface area contributed by atoms with Crippen LogP contribution in [0.3, 0.4) is 0 Å². The molecule has 1 aromatic rings. The Balaban J connectivity index is 1.56. The smallest absolute Gasteiger partial charge is 0.415 e. The first-order valence-electron chi connectivity index (χ1n) is 8.10. The second-order valence-corrected chi connectivity index (χ2v) is 6.06. The third-order valence-electron chi connectivity index (χ3n) is 4.32. The van der Waals surface area contributed by atoms with Crippen LogP contribution in [-0.2, 0) is 9.53 Å². The van der Waals surface area contributed by atoms with Gasteiger partial charge in [-0.25, -0.2) is 4.79 Å². The van der Waals surface area contributed by atoms with Gasteiger partial charge in [0.1, 0.15) is 17.9 Å². The van der Waals surface area contributed by atoms with Crippen LogP contribution in [-0.4, -0.2) is 60.2 Å². The highest BCUT2D eigenvalue weighted by atomic mass is 16.6. The standard InChI is InChI=1S/C17H22N2O4/c1-13-12-15(16(20)22-13)18-8-5-9-19(11-10-18)17(21)23-14-6-3-2-4-7-14/h2-4,6-7,13,15H,5,8-12H2,1H3. The van der Waals surface area contributed by atoms with E-state index < -0.39 is 0 Å². The molecule has 2 aliphatic rings. The number of nitrogens with zero attached hydrogens (tertiary/aromatic N) is 2. The van der Waals surface area contributed by atoms with Crippen molar-refractivity contribution in [3.05, 3.63) is 30.3 Å². The topological polar surface area (TPSA) is 59.1 Å². The van der Waals surface area contributed by atoms with E-state index in [0.29, 0.717) is 25.4 Å². The van der Waals surface area contributed by atoms with Gasteiger partial charge in [0.05, 0.1) is 0 Å². The van der Waals surface area contributed by atoms with E-state index >= 15 is 0 Å². The Bertz CT molecular complexity index is 563. The zero-order chi connectivity index (χ0) is 16.2. The van der Waals surface area contributed by atoms with Gasteiger partial charge in [-0.15, -0.1) is 0 Å². The van der Waals surface area contributed by atoms with Crippen LogP contribution < -0.4 is 4.74 Å². The number of hydrogen-bond acceptors (Lipinski definition) is 5. The molecule has 2 aliphatic heterocycles. The maximum absolute atomic E-state index is 12.3. The van der Waals surface area contributed by atoms with Crippen molar-refractivity contribution < 1.29 is 19.1 Å². The van der Waals surface area contributed by atoms with E-state index in [2.05, 4.69) is 4.90 Å². The van der Waals surface area contributed by atoms with E-state index in [1.165, 1.54) is 0 Å². The minimum Gasteiger partial charge on any atom is -0.461 e. The predicted octanol–water partition coefficient (Wildman–Crippen LogP) is 1.90. The fourth-order valence-electron chi connectivity index (χ4n) is 3.12. The number of carbonyl (C=O) groups is 2. The van der Waals surface area contributed by atoms with Crippen LogP contribution in [0.2, 0.25) is 0 Å². The van der Waals surface area contributed by atoms with Crippen LogP contribution in [0.15, 0.2) is 30.3 Å². The Morgan fingerprint density at radius 3 is 2.65 bits per heavy atom. The fraction of sp³-hybridized carbons (Fsp3) is 0.529. The minimum atomic E-state index is -0.333. The molecule has 2 atom stereocenters. The highest BCUT2D eigenvalue weighted by Gasteiger charge is 2.37. The molecule has 124 valence electrons. The molecular formula is C17H22N2O4. The van der Waals surface area contributed by atoms with Gasteiger partial charge in [0.15, 0.2) is 0 Å². The zero-order valence-electron chi connectivity index (χ0n) is 13.3. The van der Waals surface area contributed by atoms with Crippen LogP contribution in [0, 0.1) is 0 Å². The summed E-state index contributed by atoms with van der Waals surface area (Å²) in [7, 11) is 0. The quantitative estimate of drug-likeness (QED) is 0.780. The molecule has 0 saturated carbocycles. The molecule has 1 amide bonds. The van der Waals surface area contributed by atoms with E-state index in [4.69, 9.17) is 9.47 Å². The fourth-order valence-corrected chi connectivity index (χ4v) is 3.12. The van der Waals surface area contributed by atoms with Crippen molar-refractivity contribution in [1.29, 1.82) is 0 Å². The molecule has 6 nitrogen and oxygen atoms in total. The van der Waals surface area contributed by atoms with E-state index in [0.717, 1.165) is 19.4 Å². The van der Waals surface area contributed by atoms with Gasteiger partial charge in [-0.2, -0.15) is 0 Å². The first kappa shape index (κ1) is 15.8. The van der Waals surface area contributed by atoms with Gasteiger partial charge in [-0.05, 0) is 25.5 Å². The molecule has 0 radical (unpaired) electrons. The predicted molar refractivity (Wildman–Crippen MR) is 84.2 cm³/mol. The van der Waals surface area contributed by atoms with Gasteiger partial charge in [0, 0.05) is 32.6 Å². The van der Waals surface area contributed by atoms with Crippen molar-refractivity contribution in [3.8, 4) is 5.75 Å². The van der Waals surface area contributed by atoms with Crippen molar-refractivity contribution in [2.75, 3.05) is 26.2 Å². The van der Waals surface area contributed by atoms with E-state index in [-0.39, 0.29) is 24.2 Å². The summed E-state index contributed by atoms with van der Waals surface area (Å²) in [6.07, 6.45) is 1.20. The summed E-state index contributed by atoms with van der Waals surface area (Å²) in [6, 6.07) is 8.90. The molecule has 23 heavy (non-hydrogen) atoms. The molecule has 2 saturated heterocycles. The van der Waals surface area contributed by atoms with Crippen molar-refractivity contribution >= 4 is 12.1 Å². The molecule has 2 heterocycles. The lowest BCUT2D eigenvalue weighted by Crippen LogP contribution is -2.42. The molecule has 0 aromatic heterocycles. The lowest BCUT2D eigenvalue weighted by Gasteiger charge is -2.24. The number of ether oxygens (including phenoxy) is 2. The van der Waals surface area contributed by atoms with Gasteiger partial charge in [-0.3, -0.25) is 9.69 Å². The number of carbonyl (C=O) groups excluding carboxylic acids is 2. The van der Waals surface area contributed by atoms with E-state index in [9.17, 15) is 9.59 Å². The van der Waals surface area contributed by atoms with Crippen molar-refractivity contribution in [3.63, 3.8) is 0 Å². The molecule has 0 spiro atoms. The third kappa shape index (κ3) is 3.82. The van der Waals surface area contributed by atoms with Crippen molar-refractivity contribution in [2.45, 2.75) is 31.9 Å². The first-order chi connectivity index (χ1) is 11.1. The number of cyclic esters (lactones) is 1. The summed E-state index contributed by atoms with van der Waals surface area (Å²) in [5.41, 5.74) is 0. The molecule has 0 bridgehead atoms. The first-order valence-corrected chi connectivity index (χ1v) is 8.10. The highest BCUT2D eigenvalue weighted by Crippen LogP contribution is 2.21. The molecule has 2 unspecified atom stereocenters. The number of para-hydroxylation sites is 1. The number of esters is 1. The molecular weight excluding hydrogens is 296 g/mol. The summed E-state index contributed by atoms with van der Waals surface area (Å²) in [5.74, 6) is 0.407. The number of amides is 1. The third-order valence-corrected chi connectivity index (χ3v) is 4.32. The summed E-state index contributed by atoms with van der Waals surface area (Å²) in [5, 5.41) is 0. The summed E-state index contributed by atoms with van der Waals surface area (Å²) in [4.78, 5) is 28.0. The summed E-state index contributed by atoms with van der Waals surface area (Å²) < 4.78 is 10.6. The molecule has 2 fully saturated rings. The van der Waals surface area contributed by atoms with Gasteiger partial charge < -0.3 is 14.4 Å². The number of hydrogen-bond donors (Lipinski definition) is 0. The van der Waals surface area contributed by atoms with Crippen LogP contribution in [0.25, 0.3) is 0 Å². The van der Waals surface area contributed by atoms with E-state index in [1.807, 2.05) is 25.1 Å². The van der Waals surface area contributed by atoms with Gasteiger partial charge >= 0.3 is 12.1 Å². The van der Waals surface area contributed by atoms with Crippen LogP contribution in [0.5, 0.6) is 5.75 Å². The lowest BCUT2D eigenvalue weighted by molar-refractivity contribution is -0.144. The summed E-state index contributed by atoms with van der Waals surface area (Å²) >= 11 is 0. The maximum atomic E-state index is 12.3. The largest absolute Gasteiger partial charge is 0.461 e. The average molecular weight is 318 g/mol. The molecule has 1 aromatic carbocycles. The number of benzene rings is 1. The maximum Gasteiger partial charge on any atom is 0.415 e. The Morgan fingerprint density at radius 1 is 1.17 bits per heavy atom. The lowest BCUT2D eigenvalue weighted by atomic mass is 10.1. The second kappa shape index (κ2) is 7.00. The Labute approximate surface area is 136 Å². The van der Waals surface area contributed by atoms with Crippen molar-refractivity contribution in [2.24, 2.45) is 0 Å². The Morgan fingerprint density at radius 2 is 1.96 bits per heavy atom. The van der Waals surface area contributed by atoms with Crippen molar-refractivity contribution in [1.82, 2.24) is 9.80 Å². The van der Waals surface area contributed by atoms with E-state index in [1.54, 1.807) is 17.0 Å². The SMILES string of the molecule is CC1CC(N2CCCN(C(=O)Oc3ccccc3)CC2)C(=O)O1. The Kier molecular flexibility index (Phi) is 4.81. The number of rotatable bonds is 2. The Hall–Kier alpha value is -2.08. The zero-order valence-corrected chi connectivity index (χ0v) is 13.3. The monoisotopic (exact) mass is 318 g/mol. The van der Waals surface area contributed by atoms with Gasteiger partial charge in [0.25, 0.3) is 0 Å². The van der Waals surface area contributed by atoms with Crippen LogP contribution in [0.1, 0.15) is 19.8 Å². The van der Waals surface area contributed by atoms with Gasteiger partial charge in [0.2, 0.25) is 0 Å². The van der Waals surface area contributed by atoms with Gasteiger partial charge in [-0.1, -0.05) is 18.2 Å². The summed E-state index contributed by atoms with van der Waals surface area (Å²) in [6.45, 7) is 4.57. The van der Waals surface area contributed by atoms with Crippen LogP contribution in [0.4, 0.5) is 4.79 Å². The second-order valence-electron chi connectivity index (χ2n) is 6.06. The molecule has 6 heteroatoms. The normalized spacial score (nSPS) is 25.8. The molecule has 0 N–H and O–H groups in total. The highest BCUT2D eigenvalue weighted by molar-refractivity contribution is 5.78. The molecule has 3 rings (SSSR count). The average Bonchev–Trinajstić information content (AvgIpc) is 2.75.